The number of ketones is 1. The van der Waals surface area contributed by atoms with Crippen LogP contribution in [0.1, 0.15) is 46.5 Å². The van der Waals surface area contributed by atoms with Crippen LogP contribution in [-0.4, -0.2) is 30.4 Å². The number of rotatable bonds is 5. The molecule has 0 amide bonds. The van der Waals surface area contributed by atoms with Crippen LogP contribution in [-0.2, 0) is 23.9 Å². The van der Waals surface area contributed by atoms with E-state index in [1.54, 1.807) is 13.8 Å². The minimum Gasteiger partial charge on any atom is -0.453 e. The van der Waals surface area contributed by atoms with Crippen LogP contribution in [0.25, 0.3) is 0 Å². The van der Waals surface area contributed by atoms with Gasteiger partial charge in [0, 0.05) is 6.42 Å². The van der Waals surface area contributed by atoms with Crippen LogP contribution in [0.15, 0.2) is 0 Å². The second-order valence-corrected chi connectivity index (χ2v) is 5.15. The first-order valence-corrected chi connectivity index (χ1v) is 6.26. The maximum atomic E-state index is 11.6. The van der Waals surface area contributed by atoms with Crippen molar-refractivity contribution in [3.63, 3.8) is 0 Å². The number of carbonyl (C=O) groups is 3. The molecule has 1 saturated carbocycles. The fourth-order valence-corrected chi connectivity index (χ4v) is 1.57. The summed E-state index contributed by atoms with van der Waals surface area (Å²) in [4.78, 5) is 34.3. The van der Waals surface area contributed by atoms with Crippen LogP contribution in [0.5, 0.6) is 0 Å². The number of Topliss-reactive ketones (excluding diaryl/α,β-unsaturated/α-hetero) is 1. The molecule has 0 aromatic heterocycles. The Balaban J connectivity index is 2.33. The highest BCUT2D eigenvalue weighted by Crippen LogP contribution is 2.21. The maximum absolute atomic E-state index is 11.6. The molecular formula is C13H20O5. The molecule has 18 heavy (non-hydrogen) atoms. The van der Waals surface area contributed by atoms with Crippen LogP contribution in [0.2, 0.25) is 0 Å². The lowest BCUT2D eigenvalue weighted by atomic mass is 9.91. The van der Waals surface area contributed by atoms with Gasteiger partial charge in [-0.1, -0.05) is 6.92 Å². The van der Waals surface area contributed by atoms with Gasteiger partial charge in [-0.05, 0) is 33.1 Å². The highest BCUT2D eigenvalue weighted by molar-refractivity contribution is 5.87. The van der Waals surface area contributed by atoms with Gasteiger partial charge in [0.15, 0.2) is 18.5 Å². The summed E-state index contributed by atoms with van der Waals surface area (Å²) < 4.78 is 9.83. The third-order valence-electron chi connectivity index (χ3n) is 3.28. The van der Waals surface area contributed by atoms with Gasteiger partial charge in [-0.3, -0.25) is 9.59 Å². The minimum atomic E-state index is -0.657. The first-order chi connectivity index (χ1) is 8.36. The lowest BCUT2D eigenvalue weighted by molar-refractivity contribution is -0.168. The molecule has 0 radical (unpaired) electrons. The zero-order valence-corrected chi connectivity index (χ0v) is 11.2. The first-order valence-electron chi connectivity index (χ1n) is 6.26. The van der Waals surface area contributed by atoms with Gasteiger partial charge in [-0.15, -0.1) is 0 Å². The Labute approximate surface area is 107 Å². The number of hydrogen-bond donors (Lipinski definition) is 0. The predicted molar refractivity (Wildman–Crippen MR) is 63.8 cm³/mol. The second kappa shape index (κ2) is 5.98. The number of esters is 2. The molecule has 1 rings (SSSR count). The molecule has 5 heteroatoms. The average molecular weight is 256 g/mol. The fraction of sp³-hybridized carbons (Fsp3) is 0.769. The standard InChI is InChI=1S/C13H20O5/c1-4-13(2,3)12(16)17-8-11(15)18-10-7-5-6-9(10)14/h10H,4-8H2,1-3H3. The molecule has 0 heterocycles. The van der Waals surface area contributed by atoms with Crippen molar-refractivity contribution in [1.29, 1.82) is 0 Å². The van der Waals surface area contributed by atoms with Crippen LogP contribution in [0, 0.1) is 5.41 Å². The first kappa shape index (κ1) is 14.7. The van der Waals surface area contributed by atoms with Crippen LogP contribution >= 0.6 is 0 Å². The van der Waals surface area contributed by atoms with Crippen molar-refractivity contribution in [2.45, 2.75) is 52.6 Å². The van der Waals surface area contributed by atoms with Crippen molar-refractivity contribution in [2.75, 3.05) is 6.61 Å². The molecule has 1 fully saturated rings. The van der Waals surface area contributed by atoms with Gasteiger partial charge in [-0.25, -0.2) is 4.79 Å². The Kier molecular flexibility index (Phi) is 4.87. The van der Waals surface area contributed by atoms with Crippen molar-refractivity contribution < 1.29 is 23.9 Å². The van der Waals surface area contributed by atoms with Crippen molar-refractivity contribution >= 4 is 17.7 Å². The summed E-state index contributed by atoms with van der Waals surface area (Å²) in [5.74, 6) is -1.14. The summed E-state index contributed by atoms with van der Waals surface area (Å²) in [5.41, 5.74) is -0.608. The Morgan fingerprint density at radius 3 is 2.56 bits per heavy atom. The van der Waals surface area contributed by atoms with E-state index in [2.05, 4.69) is 0 Å². The van der Waals surface area contributed by atoms with E-state index in [0.717, 1.165) is 6.42 Å². The summed E-state index contributed by atoms with van der Waals surface area (Å²) in [5, 5.41) is 0. The van der Waals surface area contributed by atoms with E-state index >= 15 is 0 Å². The van der Waals surface area contributed by atoms with E-state index < -0.39 is 30.1 Å². The van der Waals surface area contributed by atoms with Gasteiger partial charge in [-0.2, -0.15) is 0 Å². The Morgan fingerprint density at radius 1 is 1.39 bits per heavy atom. The van der Waals surface area contributed by atoms with Gasteiger partial charge >= 0.3 is 11.9 Å². The molecule has 0 bridgehead atoms. The van der Waals surface area contributed by atoms with Gasteiger partial charge in [0.25, 0.3) is 0 Å². The molecule has 1 unspecified atom stereocenters. The van der Waals surface area contributed by atoms with Gasteiger partial charge in [0.1, 0.15) is 0 Å². The van der Waals surface area contributed by atoms with E-state index in [1.807, 2.05) is 6.92 Å². The largest absolute Gasteiger partial charge is 0.453 e. The molecule has 0 aliphatic heterocycles. The van der Waals surface area contributed by atoms with E-state index in [-0.39, 0.29) is 5.78 Å². The Bertz CT molecular complexity index is 345. The molecule has 0 aromatic carbocycles. The molecule has 1 aliphatic carbocycles. The quantitative estimate of drug-likeness (QED) is 0.699. The summed E-state index contributed by atoms with van der Waals surface area (Å²) in [6.07, 6.45) is 1.76. The number of ether oxygens (including phenoxy) is 2. The fourth-order valence-electron chi connectivity index (χ4n) is 1.57. The third-order valence-corrected chi connectivity index (χ3v) is 3.28. The molecular weight excluding hydrogens is 236 g/mol. The van der Waals surface area contributed by atoms with E-state index in [4.69, 9.17) is 9.47 Å². The van der Waals surface area contributed by atoms with Crippen LogP contribution in [0.3, 0.4) is 0 Å². The molecule has 0 N–H and O–H groups in total. The molecule has 1 atom stereocenters. The molecule has 0 spiro atoms. The third kappa shape index (κ3) is 3.82. The number of carbonyl (C=O) groups excluding carboxylic acids is 3. The van der Waals surface area contributed by atoms with E-state index in [1.165, 1.54) is 0 Å². The topological polar surface area (TPSA) is 69.7 Å². The Hall–Kier alpha value is -1.39. The molecule has 0 saturated heterocycles. The molecule has 5 nitrogen and oxygen atoms in total. The van der Waals surface area contributed by atoms with Gasteiger partial charge < -0.3 is 9.47 Å². The SMILES string of the molecule is CCC(C)(C)C(=O)OCC(=O)OC1CCCC1=O. The summed E-state index contributed by atoms with van der Waals surface area (Å²) in [6, 6.07) is 0. The zero-order valence-electron chi connectivity index (χ0n) is 11.2. The lowest BCUT2D eigenvalue weighted by Crippen LogP contribution is -2.30. The molecule has 102 valence electrons. The predicted octanol–water partition coefficient (Wildman–Crippen LogP) is 1.63. The minimum absolute atomic E-state index is 0.0523. The normalized spacial score (nSPS) is 19.7. The van der Waals surface area contributed by atoms with Crippen molar-refractivity contribution in [3.8, 4) is 0 Å². The average Bonchev–Trinajstić information content (AvgIpc) is 2.72. The van der Waals surface area contributed by atoms with Crippen LogP contribution in [0.4, 0.5) is 0 Å². The maximum Gasteiger partial charge on any atom is 0.344 e. The second-order valence-electron chi connectivity index (χ2n) is 5.15. The molecule has 1 aliphatic rings. The summed E-state index contributed by atoms with van der Waals surface area (Å²) in [7, 11) is 0. The van der Waals surface area contributed by atoms with Crippen LogP contribution < -0.4 is 0 Å². The smallest absolute Gasteiger partial charge is 0.344 e. The summed E-state index contributed by atoms with van der Waals surface area (Å²) in [6.45, 7) is 4.95. The zero-order chi connectivity index (χ0) is 13.8. The van der Waals surface area contributed by atoms with Crippen molar-refractivity contribution in [3.05, 3.63) is 0 Å². The Morgan fingerprint density at radius 2 is 2.06 bits per heavy atom. The van der Waals surface area contributed by atoms with Gasteiger partial charge in [0.2, 0.25) is 0 Å². The summed E-state index contributed by atoms with van der Waals surface area (Å²) >= 11 is 0. The van der Waals surface area contributed by atoms with E-state index in [0.29, 0.717) is 19.3 Å². The van der Waals surface area contributed by atoms with Crippen molar-refractivity contribution in [2.24, 2.45) is 5.41 Å². The van der Waals surface area contributed by atoms with Gasteiger partial charge in [0.05, 0.1) is 5.41 Å². The lowest BCUT2D eigenvalue weighted by Gasteiger charge is -2.20. The van der Waals surface area contributed by atoms with Crippen molar-refractivity contribution in [1.82, 2.24) is 0 Å². The number of hydrogen-bond acceptors (Lipinski definition) is 5. The highest BCUT2D eigenvalue weighted by Gasteiger charge is 2.30. The monoisotopic (exact) mass is 256 g/mol. The highest BCUT2D eigenvalue weighted by atomic mass is 16.6. The van der Waals surface area contributed by atoms with E-state index in [9.17, 15) is 14.4 Å². The molecule has 0 aromatic rings.